The van der Waals surface area contributed by atoms with Crippen LogP contribution in [0.2, 0.25) is 0 Å². The van der Waals surface area contributed by atoms with E-state index in [1.165, 1.54) is 193 Å². The summed E-state index contributed by atoms with van der Waals surface area (Å²) in [5, 5.41) is 5.93. The van der Waals surface area contributed by atoms with Gasteiger partial charge in [-0.3, -0.25) is 0 Å². The van der Waals surface area contributed by atoms with E-state index in [4.69, 9.17) is 5.11 Å². The van der Waals surface area contributed by atoms with Gasteiger partial charge in [-0.15, -0.1) is 0 Å². The van der Waals surface area contributed by atoms with Gasteiger partial charge in [0.15, 0.2) is 0 Å². The minimum Gasteiger partial charge on any atom is -0.0622 e. The summed E-state index contributed by atoms with van der Waals surface area (Å²) in [5.74, 6) is 0. The van der Waals surface area contributed by atoms with Crippen molar-refractivity contribution < 1.29 is 10.2 Å². The molecule has 0 N–H and O–H groups in total. The molecule has 1 radical (unpaired) electrons. The zero-order valence-corrected chi connectivity index (χ0v) is 36.1. The molecule has 0 unspecified atom stereocenters. The van der Waals surface area contributed by atoms with E-state index in [1.54, 1.807) is 0 Å². The fraction of sp³-hybridized carbons (Fsp3) is 0.837. The van der Waals surface area contributed by atoms with Crippen LogP contribution in [0.1, 0.15) is 193 Å². The van der Waals surface area contributed by atoms with Crippen LogP contribution in [0.5, 0.6) is 0 Å². The molecule has 1 aromatic rings. The molecule has 1 aromatic carbocycles. The monoisotopic (exact) mass is 825 g/mol. The molecule has 6 saturated carbocycles. The predicted molar refractivity (Wildman–Crippen MR) is 222 cm³/mol. The van der Waals surface area contributed by atoms with Gasteiger partial charge < -0.3 is 0 Å². The van der Waals surface area contributed by atoms with Gasteiger partial charge >= 0.3 is 272 Å². The van der Waals surface area contributed by atoms with Gasteiger partial charge in [0.05, 0.1) is 0 Å². The third kappa shape index (κ3) is 7.57. The standard InChI is InChI=1S/2C18H33P.C6H5.CH2.2ClH.Ru/c2*1-4-10-16(11-5-1)19(17-12-6-2-7-13-17)18-14-8-3-9-15-18;1-2-4-6-5-3-1;;;;/h2*16-18H,1-15H2;1-5H;1H2;2*1H;. The smallest absolute Gasteiger partial charge is 0.0184 e. The molecule has 0 nitrogen and oxygen atoms in total. The van der Waals surface area contributed by atoms with Gasteiger partial charge in [-0.2, -0.15) is 0 Å². The van der Waals surface area contributed by atoms with Crippen LogP contribution >= 0.6 is 30.6 Å². The summed E-state index contributed by atoms with van der Waals surface area (Å²) >= 11 is 0. The second-order valence-electron chi connectivity index (χ2n) is 17.5. The maximum Gasteiger partial charge on any atom is -0.0184 e. The molecule has 0 bridgehead atoms. The first-order valence-electron chi connectivity index (χ1n) is 21.4. The summed E-state index contributed by atoms with van der Waals surface area (Å²) in [5.41, 5.74) is 1.14. The zero-order chi connectivity index (χ0) is 33.4. The van der Waals surface area contributed by atoms with Crippen molar-refractivity contribution in [2.75, 3.05) is 0 Å². The van der Waals surface area contributed by atoms with Crippen LogP contribution in [0.4, 0.5) is 0 Å². The number of benzene rings is 1. The molecule has 48 heavy (non-hydrogen) atoms. The molecule has 0 aliphatic heterocycles. The minimum absolute atomic E-state index is 0.915. The second kappa shape index (κ2) is 18.0. The molecule has 0 amide bonds. The molecular weight excluding hydrogens is 750 g/mol. The van der Waals surface area contributed by atoms with Crippen LogP contribution in [0.25, 0.3) is 0 Å². The van der Waals surface area contributed by atoms with Crippen molar-refractivity contribution in [1.82, 2.24) is 0 Å². The fourth-order valence-corrected chi connectivity index (χ4v) is 115. The van der Waals surface area contributed by atoms with E-state index in [0.717, 1.165) is 34.0 Å². The summed E-state index contributed by atoms with van der Waals surface area (Å²) in [4.78, 5) is 0. The maximum absolute atomic E-state index is 9.39. The third-order valence-electron chi connectivity index (χ3n) is 15.1. The van der Waals surface area contributed by atoms with Crippen molar-refractivity contribution in [3.63, 3.8) is 0 Å². The van der Waals surface area contributed by atoms with Crippen LogP contribution in [-0.4, -0.2) is 39.1 Å². The number of hydrogen-bond donors (Lipinski definition) is 0. The molecule has 6 aliphatic rings. The Morgan fingerprint density at radius 1 is 0.375 bits per heavy atom. The molecule has 0 saturated heterocycles. The predicted octanol–water partition coefficient (Wildman–Crippen LogP) is 15.2. The van der Waals surface area contributed by atoms with Crippen molar-refractivity contribution >= 4 is 35.7 Å². The molecule has 0 heterocycles. The van der Waals surface area contributed by atoms with Crippen LogP contribution in [-0.2, 0) is 10.2 Å². The maximum atomic E-state index is 9.39. The Balaban J connectivity index is 0.000000604. The van der Waals surface area contributed by atoms with E-state index < -0.39 is 21.4 Å². The Morgan fingerprint density at radius 3 is 0.729 bits per heavy atom. The van der Waals surface area contributed by atoms with Gasteiger partial charge in [0.1, 0.15) is 0 Å². The molecule has 6 aliphatic carbocycles. The van der Waals surface area contributed by atoms with Crippen molar-refractivity contribution in [1.29, 1.82) is 0 Å². The number of hydrogen-bond acceptors (Lipinski definition) is 0. The summed E-state index contributed by atoms with van der Waals surface area (Å²) in [6.07, 6.45) is 44.4. The van der Waals surface area contributed by atoms with Crippen molar-refractivity contribution in [2.45, 2.75) is 227 Å². The van der Waals surface area contributed by atoms with E-state index >= 15 is 0 Å². The third-order valence-corrected chi connectivity index (χ3v) is 86.2. The Kier molecular flexibility index (Phi) is 14.6. The molecule has 7 rings (SSSR count). The molecule has 6 fully saturated rings. The first kappa shape index (κ1) is 38.9. The van der Waals surface area contributed by atoms with Crippen LogP contribution < -0.4 is 0 Å². The average molecular weight is 826 g/mol. The molecular formula is C43H75Cl2P2Ru. The topological polar surface area (TPSA) is 0 Å². The van der Waals surface area contributed by atoms with Gasteiger partial charge in [-0.25, -0.2) is 0 Å². The summed E-state index contributed by atoms with van der Waals surface area (Å²) in [6.45, 7) is 0. The van der Waals surface area contributed by atoms with Crippen molar-refractivity contribution in [2.24, 2.45) is 0 Å². The van der Waals surface area contributed by atoms with Gasteiger partial charge in [0, 0.05) is 0 Å². The summed E-state index contributed by atoms with van der Waals surface area (Å²) in [6, 6.07) is 12.5. The van der Waals surface area contributed by atoms with Crippen molar-refractivity contribution in [3.05, 3.63) is 36.4 Å². The zero-order valence-electron chi connectivity index (χ0n) is 30.9. The van der Waals surface area contributed by atoms with Crippen LogP contribution in [0, 0.1) is 6.07 Å². The second-order valence-corrected chi connectivity index (χ2v) is 63.3. The van der Waals surface area contributed by atoms with E-state index in [0.29, 0.717) is 0 Å². The molecule has 0 spiro atoms. The Bertz CT molecular complexity index is 943. The number of rotatable bonds is 8. The Hall–Kier alpha value is 1.15. The Morgan fingerprint density at radius 2 is 0.583 bits per heavy atom. The average Bonchev–Trinajstić information content (AvgIpc) is 3.15. The molecule has 0 atom stereocenters. The SMILES string of the molecule is [CH2]=[Ru]([Cl])([Cl])([PH](C1CCCCC1)(C1CCCCC1)C1CCCCC1)[PH](C1CCCCC1)(C1CCCCC1)C1CCCCC1.[c]1ccccc1. The molecule has 0 aromatic heterocycles. The summed E-state index contributed by atoms with van der Waals surface area (Å²) in [7, 11) is 14.6. The normalized spacial score (nSPS) is 27.7. The van der Waals surface area contributed by atoms with Gasteiger partial charge in [-0.05, 0) is 6.07 Å². The van der Waals surface area contributed by atoms with E-state index in [9.17, 15) is 19.4 Å². The van der Waals surface area contributed by atoms with Gasteiger partial charge in [-0.1, -0.05) is 30.3 Å². The minimum atomic E-state index is -4.17. The first-order valence-corrected chi connectivity index (χ1v) is 36.5. The quantitative estimate of drug-likeness (QED) is 0.181. The Labute approximate surface area is 306 Å². The number of halogens is 2. The van der Waals surface area contributed by atoms with Gasteiger partial charge in [0.25, 0.3) is 0 Å². The first-order chi connectivity index (χ1) is 23.4. The van der Waals surface area contributed by atoms with E-state index in [1.807, 2.05) is 30.3 Å². The molecule has 279 valence electrons. The largest absolute Gasteiger partial charge is 0.0622 e. The van der Waals surface area contributed by atoms with Crippen molar-refractivity contribution in [3.8, 4) is 0 Å². The van der Waals surface area contributed by atoms with Crippen LogP contribution in [0.3, 0.4) is 0 Å². The fourth-order valence-electron chi connectivity index (χ4n) is 13.5. The van der Waals surface area contributed by atoms with Gasteiger partial charge in [0.2, 0.25) is 0 Å². The van der Waals surface area contributed by atoms with Crippen LogP contribution in [0.15, 0.2) is 30.3 Å². The van der Waals surface area contributed by atoms with E-state index in [-0.39, 0.29) is 0 Å². The molecule has 5 heteroatoms. The summed E-state index contributed by atoms with van der Waals surface area (Å²) < 4.78 is 0. The van der Waals surface area contributed by atoms with E-state index in [2.05, 4.69) is 6.07 Å².